The van der Waals surface area contributed by atoms with Crippen LogP contribution in [0.15, 0.2) is 29.1 Å². The van der Waals surface area contributed by atoms with Crippen molar-refractivity contribution < 1.29 is 9.18 Å². The third-order valence-electron chi connectivity index (χ3n) is 6.14. The minimum absolute atomic E-state index is 0.0000190. The number of amides is 1. The summed E-state index contributed by atoms with van der Waals surface area (Å²) in [5.74, 6) is 0.503. The molecule has 0 aliphatic carbocycles. The van der Waals surface area contributed by atoms with Crippen LogP contribution in [0.4, 0.5) is 4.39 Å². The summed E-state index contributed by atoms with van der Waals surface area (Å²) in [6.45, 7) is 9.23. The maximum Gasteiger partial charge on any atom is 0.262 e. The van der Waals surface area contributed by atoms with Crippen molar-refractivity contribution in [3.63, 3.8) is 0 Å². The topological polar surface area (TPSA) is 55.2 Å². The minimum atomic E-state index is -0.337. The molecule has 1 saturated heterocycles. The van der Waals surface area contributed by atoms with Gasteiger partial charge < -0.3 is 4.90 Å². The first-order valence-corrected chi connectivity index (χ1v) is 11.6. The number of hydrogen-bond acceptors (Lipinski definition) is 4. The van der Waals surface area contributed by atoms with E-state index in [1.807, 2.05) is 37.2 Å². The molecule has 0 saturated carbocycles. The van der Waals surface area contributed by atoms with Gasteiger partial charge in [0.15, 0.2) is 0 Å². The first kappa shape index (κ1) is 21.7. The normalized spacial score (nSPS) is 17.0. The van der Waals surface area contributed by atoms with Gasteiger partial charge in [0.2, 0.25) is 5.91 Å². The SMILES string of the molecule is Cc1sc2nc(C(C)C)n([C@@H]3CCCN(C(=O)Cc4cccc(F)c4)C3)c(=O)c2c1C. The van der Waals surface area contributed by atoms with Gasteiger partial charge in [0.05, 0.1) is 17.8 Å². The van der Waals surface area contributed by atoms with E-state index in [0.717, 1.165) is 33.9 Å². The highest BCUT2D eigenvalue weighted by Gasteiger charge is 2.29. The average Bonchev–Trinajstić information content (AvgIpc) is 3.01. The summed E-state index contributed by atoms with van der Waals surface area (Å²) in [4.78, 5) is 35.1. The van der Waals surface area contributed by atoms with Crippen molar-refractivity contribution in [2.75, 3.05) is 13.1 Å². The first-order chi connectivity index (χ1) is 14.8. The summed E-state index contributed by atoms with van der Waals surface area (Å²) in [5, 5.41) is 0.704. The number of aryl methyl sites for hydroxylation is 2. The standard InChI is InChI=1S/C24H28FN3O2S/c1-14(2)22-26-23-21(15(3)16(4)31-23)24(30)28(22)19-9-6-10-27(13-19)20(29)12-17-7-5-8-18(25)11-17/h5,7-8,11,14,19H,6,9-10,12-13H2,1-4H3/t19-/m1/s1. The lowest BCUT2D eigenvalue weighted by molar-refractivity contribution is -0.132. The van der Waals surface area contributed by atoms with Crippen LogP contribution in [0.3, 0.4) is 0 Å². The van der Waals surface area contributed by atoms with Crippen LogP contribution < -0.4 is 5.56 Å². The molecule has 3 heterocycles. The number of benzene rings is 1. The zero-order chi connectivity index (χ0) is 22.3. The maximum absolute atomic E-state index is 13.6. The van der Waals surface area contributed by atoms with E-state index in [2.05, 4.69) is 0 Å². The number of piperidine rings is 1. The number of hydrogen-bond donors (Lipinski definition) is 0. The number of fused-ring (bicyclic) bond motifs is 1. The van der Waals surface area contributed by atoms with E-state index in [1.165, 1.54) is 12.1 Å². The Labute approximate surface area is 185 Å². The van der Waals surface area contributed by atoms with Gasteiger partial charge in [0.1, 0.15) is 16.5 Å². The summed E-state index contributed by atoms with van der Waals surface area (Å²) >= 11 is 1.57. The first-order valence-electron chi connectivity index (χ1n) is 10.8. The highest BCUT2D eigenvalue weighted by Crippen LogP contribution is 2.30. The molecule has 1 aliphatic rings. The Morgan fingerprint density at radius 3 is 2.81 bits per heavy atom. The van der Waals surface area contributed by atoms with Crippen LogP contribution in [0, 0.1) is 19.7 Å². The number of rotatable bonds is 4. The van der Waals surface area contributed by atoms with Crippen molar-refractivity contribution in [1.82, 2.24) is 14.5 Å². The van der Waals surface area contributed by atoms with Crippen molar-refractivity contribution in [3.05, 3.63) is 62.3 Å². The number of halogens is 1. The van der Waals surface area contributed by atoms with Gasteiger partial charge in [-0.3, -0.25) is 14.2 Å². The number of aromatic nitrogens is 2. The molecule has 3 aromatic rings. The van der Waals surface area contributed by atoms with Gasteiger partial charge >= 0.3 is 0 Å². The third-order valence-corrected chi connectivity index (χ3v) is 7.24. The Morgan fingerprint density at radius 2 is 2.10 bits per heavy atom. The van der Waals surface area contributed by atoms with Gasteiger partial charge in [0.25, 0.3) is 5.56 Å². The van der Waals surface area contributed by atoms with E-state index in [0.29, 0.717) is 24.0 Å². The van der Waals surface area contributed by atoms with Crippen molar-refractivity contribution >= 4 is 27.5 Å². The smallest absolute Gasteiger partial charge is 0.262 e. The maximum atomic E-state index is 13.6. The minimum Gasteiger partial charge on any atom is -0.340 e. The van der Waals surface area contributed by atoms with Gasteiger partial charge in [-0.1, -0.05) is 26.0 Å². The second-order valence-corrected chi connectivity index (χ2v) is 9.91. The van der Waals surface area contributed by atoms with Crippen LogP contribution in [0.5, 0.6) is 0 Å². The van der Waals surface area contributed by atoms with E-state index in [9.17, 15) is 14.0 Å². The Morgan fingerprint density at radius 1 is 1.32 bits per heavy atom. The fourth-order valence-corrected chi connectivity index (χ4v) is 5.43. The summed E-state index contributed by atoms with van der Waals surface area (Å²) in [6.07, 6.45) is 1.82. The molecule has 31 heavy (non-hydrogen) atoms. The van der Waals surface area contributed by atoms with E-state index < -0.39 is 0 Å². The van der Waals surface area contributed by atoms with Gasteiger partial charge in [-0.25, -0.2) is 9.37 Å². The van der Waals surface area contributed by atoms with Crippen LogP contribution >= 0.6 is 11.3 Å². The average molecular weight is 442 g/mol. The Kier molecular flexibility index (Phi) is 5.97. The molecular weight excluding hydrogens is 413 g/mol. The lowest BCUT2D eigenvalue weighted by atomic mass is 10.0. The summed E-state index contributed by atoms with van der Waals surface area (Å²) in [6, 6.07) is 6.06. The molecule has 0 spiro atoms. The molecule has 0 bridgehead atoms. The van der Waals surface area contributed by atoms with Crippen LogP contribution in [0.1, 0.15) is 60.5 Å². The molecule has 1 amide bonds. The molecule has 164 valence electrons. The van der Waals surface area contributed by atoms with Crippen molar-refractivity contribution in [3.8, 4) is 0 Å². The number of nitrogens with zero attached hydrogens (tertiary/aromatic N) is 3. The van der Waals surface area contributed by atoms with Gasteiger partial charge in [-0.2, -0.15) is 0 Å². The predicted octanol–water partition coefficient (Wildman–Crippen LogP) is 4.74. The summed E-state index contributed by atoms with van der Waals surface area (Å²) in [5.41, 5.74) is 1.66. The van der Waals surface area contributed by atoms with Crippen LogP contribution in [-0.2, 0) is 11.2 Å². The number of carbonyl (C=O) groups excluding carboxylic acids is 1. The zero-order valence-electron chi connectivity index (χ0n) is 18.4. The Bertz CT molecular complexity index is 1200. The molecule has 0 radical (unpaired) electrons. The molecule has 1 aliphatic heterocycles. The van der Waals surface area contributed by atoms with Gasteiger partial charge in [-0.15, -0.1) is 11.3 Å². The summed E-state index contributed by atoms with van der Waals surface area (Å²) < 4.78 is 15.3. The number of likely N-dealkylation sites (tertiary alicyclic amines) is 1. The third kappa shape index (κ3) is 4.15. The second kappa shape index (κ2) is 8.54. The van der Waals surface area contributed by atoms with Crippen LogP contribution in [0.2, 0.25) is 0 Å². The van der Waals surface area contributed by atoms with Gasteiger partial charge in [0, 0.05) is 23.9 Å². The zero-order valence-corrected chi connectivity index (χ0v) is 19.3. The molecule has 0 N–H and O–H groups in total. The quantitative estimate of drug-likeness (QED) is 0.587. The van der Waals surface area contributed by atoms with E-state index in [1.54, 1.807) is 23.5 Å². The number of thiophene rings is 1. The Hall–Kier alpha value is -2.54. The lowest BCUT2D eigenvalue weighted by Crippen LogP contribution is -2.44. The molecule has 0 unspecified atom stereocenters. The lowest BCUT2D eigenvalue weighted by Gasteiger charge is -2.35. The fraction of sp³-hybridized carbons (Fsp3) is 0.458. The van der Waals surface area contributed by atoms with E-state index in [-0.39, 0.29) is 35.7 Å². The molecule has 4 rings (SSSR count). The van der Waals surface area contributed by atoms with Crippen LogP contribution in [0.25, 0.3) is 10.2 Å². The van der Waals surface area contributed by atoms with Gasteiger partial charge in [-0.05, 0) is 49.9 Å². The van der Waals surface area contributed by atoms with Crippen molar-refractivity contribution in [2.45, 2.75) is 58.9 Å². The molecule has 1 atom stereocenters. The van der Waals surface area contributed by atoms with E-state index in [4.69, 9.17) is 4.98 Å². The highest BCUT2D eigenvalue weighted by atomic mass is 32.1. The van der Waals surface area contributed by atoms with Crippen molar-refractivity contribution in [1.29, 1.82) is 0 Å². The molecule has 1 aromatic carbocycles. The molecular formula is C24H28FN3O2S. The fourth-order valence-electron chi connectivity index (χ4n) is 4.41. The predicted molar refractivity (Wildman–Crippen MR) is 122 cm³/mol. The van der Waals surface area contributed by atoms with E-state index >= 15 is 0 Å². The molecule has 2 aromatic heterocycles. The Balaban J connectivity index is 1.67. The summed E-state index contributed by atoms with van der Waals surface area (Å²) in [7, 11) is 0. The van der Waals surface area contributed by atoms with Crippen LogP contribution in [-0.4, -0.2) is 33.4 Å². The largest absolute Gasteiger partial charge is 0.340 e. The highest BCUT2D eigenvalue weighted by molar-refractivity contribution is 7.18. The monoisotopic (exact) mass is 441 g/mol. The molecule has 5 nitrogen and oxygen atoms in total. The second-order valence-electron chi connectivity index (χ2n) is 8.71. The number of carbonyl (C=O) groups is 1. The molecule has 7 heteroatoms. The molecule has 1 fully saturated rings. The van der Waals surface area contributed by atoms with Crippen molar-refractivity contribution in [2.24, 2.45) is 0 Å².